The minimum Gasteiger partial charge on any atom is -0.490 e. The Morgan fingerprint density at radius 1 is 1.22 bits per heavy atom. The predicted octanol–water partition coefficient (Wildman–Crippen LogP) is 1.99. The van der Waals surface area contributed by atoms with E-state index in [0.29, 0.717) is 11.6 Å². The zero-order valence-electron chi connectivity index (χ0n) is 10.1. The molecule has 1 aromatic carbocycles. The van der Waals surface area contributed by atoms with E-state index in [9.17, 15) is 4.79 Å². The van der Waals surface area contributed by atoms with Crippen LogP contribution in [-0.2, 0) is 4.79 Å². The van der Waals surface area contributed by atoms with Crippen LogP contribution in [0, 0.1) is 11.3 Å². The maximum Gasteiger partial charge on any atom is 0.207 e. The molecule has 0 saturated heterocycles. The number of carbonyl (C=O) groups is 1. The first-order valence-corrected chi connectivity index (χ1v) is 6.18. The molecule has 0 heterocycles. The lowest BCUT2D eigenvalue weighted by Crippen LogP contribution is -2.35. The van der Waals surface area contributed by atoms with Gasteiger partial charge in [-0.1, -0.05) is 0 Å². The van der Waals surface area contributed by atoms with Gasteiger partial charge in [-0.05, 0) is 49.9 Å². The van der Waals surface area contributed by atoms with Gasteiger partial charge in [0, 0.05) is 6.04 Å². The van der Waals surface area contributed by atoms with Gasteiger partial charge >= 0.3 is 0 Å². The van der Waals surface area contributed by atoms with E-state index in [0.717, 1.165) is 37.8 Å². The molecule has 0 spiro atoms. The number of carbonyl (C=O) groups excluding carboxylic acids is 1. The number of nitrogens with zero attached hydrogens (tertiary/aromatic N) is 1. The van der Waals surface area contributed by atoms with Crippen molar-refractivity contribution in [2.45, 2.75) is 37.8 Å². The molecule has 2 rings (SSSR count). The van der Waals surface area contributed by atoms with Crippen LogP contribution in [0.15, 0.2) is 24.3 Å². The van der Waals surface area contributed by atoms with E-state index in [4.69, 9.17) is 10.00 Å². The summed E-state index contributed by atoms with van der Waals surface area (Å²) in [6.07, 6.45) is 4.80. The summed E-state index contributed by atoms with van der Waals surface area (Å²) in [4.78, 5) is 10.3. The molecule has 1 amide bonds. The third kappa shape index (κ3) is 3.24. The van der Waals surface area contributed by atoms with E-state index >= 15 is 0 Å². The molecule has 0 radical (unpaired) electrons. The molecular weight excluding hydrogens is 228 g/mol. The largest absolute Gasteiger partial charge is 0.490 e. The molecule has 4 heteroatoms. The molecule has 1 aliphatic carbocycles. The summed E-state index contributed by atoms with van der Waals surface area (Å²) in [5.41, 5.74) is 0.640. The average molecular weight is 244 g/mol. The van der Waals surface area contributed by atoms with Crippen LogP contribution >= 0.6 is 0 Å². The summed E-state index contributed by atoms with van der Waals surface area (Å²) >= 11 is 0. The second kappa shape index (κ2) is 6.06. The maximum atomic E-state index is 10.3. The summed E-state index contributed by atoms with van der Waals surface area (Å²) < 4.78 is 5.86. The van der Waals surface area contributed by atoms with Gasteiger partial charge in [-0.3, -0.25) is 4.79 Å². The number of nitrogens with one attached hydrogen (secondary N) is 1. The van der Waals surface area contributed by atoms with Gasteiger partial charge < -0.3 is 10.1 Å². The Morgan fingerprint density at radius 3 is 2.44 bits per heavy atom. The van der Waals surface area contributed by atoms with Crippen molar-refractivity contribution >= 4 is 6.41 Å². The number of ether oxygens (including phenoxy) is 1. The highest BCUT2D eigenvalue weighted by molar-refractivity contribution is 5.46. The van der Waals surface area contributed by atoms with Crippen LogP contribution in [0.5, 0.6) is 5.75 Å². The van der Waals surface area contributed by atoms with Crippen LogP contribution in [-0.4, -0.2) is 18.6 Å². The molecule has 0 atom stereocenters. The Morgan fingerprint density at radius 2 is 1.89 bits per heavy atom. The zero-order chi connectivity index (χ0) is 12.8. The van der Waals surface area contributed by atoms with Crippen molar-refractivity contribution in [2.24, 2.45) is 0 Å². The van der Waals surface area contributed by atoms with Crippen molar-refractivity contribution in [1.29, 1.82) is 5.26 Å². The predicted molar refractivity (Wildman–Crippen MR) is 67.0 cm³/mol. The normalized spacial score (nSPS) is 22.8. The van der Waals surface area contributed by atoms with Gasteiger partial charge in [-0.25, -0.2) is 0 Å². The first-order chi connectivity index (χ1) is 8.81. The van der Waals surface area contributed by atoms with E-state index in [1.165, 1.54) is 0 Å². The molecule has 4 nitrogen and oxygen atoms in total. The molecule has 1 N–H and O–H groups in total. The lowest BCUT2D eigenvalue weighted by molar-refractivity contribution is -0.110. The molecule has 0 unspecified atom stereocenters. The lowest BCUT2D eigenvalue weighted by atomic mass is 9.93. The number of hydrogen-bond acceptors (Lipinski definition) is 3. The Bertz CT molecular complexity index is 428. The number of hydrogen-bond donors (Lipinski definition) is 1. The highest BCUT2D eigenvalue weighted by Crippen LogP contribution is 2.23. The van der Waals surface area contributed by atoms with Crippen molar-refractivity contribution in [1.82, 2.24) is 5.32 Å². The quantitative estimate of drug-likeness (QED) is 0.824. The Labute approximate surface area is 107 Å². The first kappa shape index (κ1) is 12.4. The summed E-state index contributed by atoms with van der Waals surface area (Å²) in [6, 6.07) is 9.55. The van der Waals surface area contributed by atoms with Gasteiger partial charge in [0.05, 0.1) is 17.7 Å². The van der Waals surface area contributed by atoms with Crippen LogP contribution in [0.4, 0.5) is 0 Å². The third-order valence-corrected chi connectivity index (χ3v) is 3.26. The third-order valence-electron chi connectivity index (χ3n) is 3.26. The second-order valence-corrected chi connectivity index (χ2v) is 4.51. The van der Waals surface area contributed by atoms with Crippen LogP contribution in [0.2, 0.25) is 0 Å². The van der Waals surface area contributed by atoms with Crippen LogP contribution in [0.1, 0.15) is 31.2 Å². The van der Waals surface area contributed by atoms with E-state index < -0.39 is 0 Å². The smallest absolute Gasteiger partial charge is 0.207 e. The van der Waals surface area contributed by atoms with Gasteiger partial charge in [0.25, 0.3) is 0 Å². The Kier molecular flexibility index (Phi) is 4.19. The Balaban J connectivity index is 1.84. The van der Waals surface area contributed by atoms with Crippen LogP contribution < -0.4 is 10.1 Å². The van der Waals surface area contributed by atoms with E-state index in [2.05, 4.69) is 11.4 Å². The molecule has 1 aromatic rings. The van der Waals surface area contributed by atoms with Gasteiger partial charge in [-0.15, -0.1) is 0 Å². The van der Waals surface area contributed by atoms with Crippen molar-refractivity contribution < 1.29 is 9.53 Å². The van der Waals surface area contributed by atoms with Crippen molar-refractivity contribution in [3.8, 4) is 11.8 Å². The summed E-state index contributed by atoms with van der Waals surface area (Å²) in [7, 11) is 0. The fourth-order valence-corrected chi connectivity index (χ4v) is 2.24. The number of amides is 1. The second-order valence-electron chi connectivity index (χ2n) is 4.51. The van der Waals surface area contributed by atoms with E-state index in [1.807, 2.05) is 12.1 Å². The SMILES string of the molecule is N#Cc1ccc(OC2CCC(NC=O)CC2)cc1. The zero-order valence-corrected chi connectivity index (χ0v) is 10.1. The minimum atomic E-state index is 0.211. The fraction of sp³-hybridized carbons (Fsp3) is 0.429. The highest BCUT2D eigenvalue weighted by Gasteiger charge is 2.21. The summed E-state index contributed by atoms with van der Waals surface area (Å²) in [5.74, 6) is 0.806. The van der Waals surface area contributed by atoms with Gasteiger partial charge in [-0.2, -0.15) is 5.26 Å². The molecule has 1 fully saturated rings. The molecule has 18 heavy (non-hydrogen) atoms. The van der Waals surface area contributed by atoms with Gasteiger partial charge in [0.1, 0.15) is 5.75 Å². The van der Waals surface area contributed by atoms with E-state index in [1.54, 1.807) is 12.1 Å². The number of benzene rings is 1. The van der Waals surface area contributed by atoms with Gasteiger partial charge in [0.2, 0.25) is 6.41 Å². The van der Waals surface area contributed by atoms with Crippen molar-refractivity contribution in [3.05, 3.63) is 29.8 Å². The molecule has 94 valence electrons. The molecule has 0 aliphatic heterocycles. The van der Waals surface area contributed by atoms with E-state index in [-0.39, 0.29) is 6.10 Å². The van der Waals surface area contributed by atoms with Crippen LogP contribution in [0.25, 0.3) is 0 Å². The minimum absolute atomic E-state index is 0.211. The monoisotopic (exact) mass is 244 g/mol. The van der Waals surface area contributed by atoms with Crippen molar-refractivity contribution in [2.75, 3.05) is 0 Å². The Hall–Kier alpha value is -2.02. The molecule has 1 aliphatic rings. The van der Waals surface area contributed by atoms with Crippen LogP contribution in [0.3, 0.4) is 0 Å². The van der Waals surface area contributed by atoms with Crippen molar-refractivity contribution in [3.63, 3.8) is 0 Å². The fourth-order valence-electron chi connectivity index (χ4n) is 2.24. The molecule has 0 bridgehead atoms. The molecular formula is C14H16N2O2. The maximum absolute atomic E-state index is 10.3. The average Bonchev–Trinajstić information content (AvgIpc) is 2.42. The lowest BCUT2D eigenvalue weighted by Gasteiger charge is -2.28. The number of nitriles is 1. The summed E-state index contributed by atoms with van der Waals surface area (Å²) in [5, 5.41) is 11.5. The first-order valence-electron chi connectivity index (χ1n) is 6.18. The highest BCUT2D eigenvalue weighted by atomic mass is 16.5. The summed E-state index contributed by atoms with van der Waals surface area (Å²) in [6.45, 7) is 0. The standard InChI is InChI=1S/C14H16N2O2/c15-9-11-1-5-13(6-2-11)18-14-7-3-12(4-8-14)16-10-17/h1-2,5-6,10,12,14H,3-4,7-8H2,(H,16,17). The number of rotatable bonds is 4. The molecule has 1 saturated carbocycles. The van der Waals surface area contributed by atoms with Gasteiger partial charge in [0.15, 0.2) is 0 Å². The topological polar surface area (TPSA) is 62.1 Å². The molecule has 0 aromatic heterocycles.